The summed E-state index contributed by atoms with van der Waals surface area (Å²) in [5.74, 6) is -0.203. The second kappa shape index (κ2) is 6.69. The number of piperidine rings is 1. The molecule has 0 saturated carbocycles. The molecule has 5 heteroatoms. The lowest BCUT2D eigenvalue weighted by Gasteiger charge is -2.30. The first-order valence-corrected chi connectivity index (χ1v) is 6.36. The first-order chi connectivity index (χ1) is 7.65. The van der Waals surface area contributed by atoms with E-state index in [0.29, 0.717) is 0 Å². The van der Waals surface area contributed by atoms with E-state index in [1.807, 2.05) is 6.07 Å². The van der Waals surface area contributed by atoms with E-state index >= 15 is 0 Å². The highest BCUT2D eigenvalue weighted by molar-refractivity contribution is 9.10. The highest BCUT2D eigenvalue weighted by Gasteiger charge is 2.17. The maximum atomic E-state index is 12.9. The summed E-state index contributed by atoms with van der Waals surface area (Å²) < 4.78 is 13.8. The molecule has 0 amide bonds. The summed E-state index contributed by atoms with van der Waals surface area (Å²) in [6.45, 7) is 2.86. The van der Waals surface area contributed by atoms with E-state index in [-0.39, 0.29) is 24.3 Å². The van der Waals surface area contributed by atoms with Crippen molar-refractivity contribution in [3.05, 3.63) is 34.1 Å². The van der Waals surface area contributed by atoms with E-state index < -0.39 is 0 Å². The molecule has 0 spiro atoms. The maximum Gasteiger partial charge on any atom is 0.124 e. The molecular weight excluding hydrogens is 307 g/mol. The van der Waals surface area contributed by atoms with E-state index in [1.54, 1.807) is 0 Å². The van der Waals surface area contributed by atoms with Gasteiger partial charge in [0.05, 0.1) is 0 Å². The molecule has 0 unspecified atom stereocenters. The number of likely N-dealkylation sites (tertiary alicyclic amines) is 1. The van der Waals surface area contributed by atoms with Gasteiger partial charge in [-0.05, 0) is 37.1 Å². The summed E-state index contributed by atoms with van der Waals surface area (Å²) in [5.41, 5.74) is 7.05. The molecule has 2 rings (SSSR count). The van der Waals surface area contributed by atoms with E-state index in [0.717, 1.165) is 42.5 Å². The van der Waals surface area contributed by atoms with Crippen molar-refractivity contribution in [2.24, 2.45) is 5.73 Å². The molecule has 1 atom stereocenters. The first-order valence-electron chi connectivity index (χ1n) is 5.57. The van der Waals surface area contributed by atoms with E-state index in [4.69, 9.17) is 5.73 Å². The summed E-state index contributed by atoms with van der Waals surface area (Å²) in [5, 5.41) is 0. The molecule has 0 radical (unpaired) electrons. The smallest absolute Gasteiger partial charge is 0.124 e. The van der Waals surface area contributed by atoms with Gasteiger partial charge in [0.25, 0.3) is 0 Å². The largest absolute Gasteiger partial charge is 0.327 e. The van der Waals surface area contributed by atoms with Gasteiger partial charge in [-0.15, -0.1) is 12.4 Å². The van der Waals surface area contributed by atoms with Gasteiger partial charge in [-0.25, -0.2) is 4.39 Å². The third kappa shape index (κ3) is 4.21. The average molecular weight is 324 g/mol. The zero-order valence-electron chi connectivity index (χ0n) is 9.53. The Morgan fingerprint density at radius 3 is 2.88 bits per heavy atom. The SMILES string of the molecule is Cl.N[C@@H]1CCCN(Cc2ccc(F)cc2Br)C1. The Hall–Kier alpha value is -0.160. The zero-order valence-corrected chi connectivity index (χ0v) is 11.9. The van der Waals surface area contributed by atoms with Crippen molar-refractivity contribution in [2.75, 3.05) is 13.1 Å². The van der Waals surface area contributed by atoms with Crippen LogP contribution in [-0.4, -0.2) is 24.0 Å². The summed E-state index contributed by atoms with van der Waals surface area (Å²) >= 11 is 3.39. The number of nitrogens with zero attached hydrogens (tertiary/aromatic N) is 1. The molecule has 1 aliphatic heterocycles. The predicted octanol–water partition coefficient (Wildman–Crippen LogP) is 2.93. The summed E-state index contributed by atoms with van der Waals surface area (Å²) in [6, 6.07) is 5.14. The fourth-order valence-electron chi connectivity index (χ4n) is 2.13. The topological polar surface area (TPSA) is 29.3 Å². The number of halogens is 3. The van der Waals surface area contributed by atoms with Crippen molar-refractivity contribution in [2.45, 2.75) is 25.4 Å². The number of hydrogen-bond acceptors (Lipinski definition) is 2. The minimum Gasteiger partial charge on any atom is -0.327 e. The molecule has 1 aliphatic rings. The van der Waals surface area contributed by atoms with Crippen LogP contribution in [0.4, 0.5) is 4.39 Å². The van der Waals surface area contributed by atoms with Gasteiger partial charge in [-0.3, -0.25) is 4.90 Å². The fourth-order valence-corrected chi connectivity index (χ4v) is 2.60. The van der Waals surface area contributed by atoms with Crippen LogP contribution in [0, 0.1) is 5.82 Å². The van der Waals surface area contributed by atoms with Crippen molar-refractivity contribution in [1.82, 2.24) is 4.90 Å². The highest BCUT2D eigenvalue weighted by atomic mass is 79.9. The maximum absolute atomic E-state index is 12.9. The Balaban J connectivity index is 0.00000144. The summed E-state index contributed by atoms with van der Waals surface area (Å²) in [7, 11) is 0. The molecule has 0 bridgehead atoms. The van der Waals surface area contributed by atoms with Crippen LogP contribution in [0.15, 0.2) is 22.7 Å². The monoisotopic (exact) mass is 322 g/mol. The number of hydrogen-bond donors (Lipinski definition) is 1. The van der Waals surface area contributed by atoms with Gasteiger partial charge in [0.15, 0.2) is 0 Å². The Labute approximate surface area is 116 Å². The number of benzene rings is 1. The molecule has 1 aromatic rings. The summed E-state index contributed by atoms with van der Waals surface area (Å²) in [4.78, 5) is 2.33. The predicted molar refractivity (Wildman–Crippen MR) is 73.8 cm³/mol. The normalized spacial score (nSPS) is 21.0. The molecule has 2 nitrogen and oxygen atoms in total. The zero-order chi connectivity index (χ0) is 11.5. The van der Waals surface area contributed by atoms with Crippen LogP contribution < -0.4 is 5.73 Å². The molecule has 96 valence electrons. The van der Waals surface area contributed by atoms with Gasteiger partial charge in [-0.2, -0.15) is 0 Å². The third-order valence-corrected chi connectivity index (χ3v) is 3.69. The van der Waals surface area contributed by atoms with E-state index in [1.165, 1.54) is 12.1 Å². The molecule has 0 aromatic heterocycles. The number of nitrogens with two attached hydrogens (primary N) is 1. The second-order valence-corrected chi connectivity index (χ2v) is 5.23. The molecule has 1 fully saturated rings. The van der Waals surface area contributed by atoms with Crippen LogP contribution in [-0.2, 0) is 6.54 Å². The minimum absolute atomic E-state index is 0. The molecule has 0 aliphatic carbocycles. The van der Waals surface area contributed by atoms with Crippen molar-refractivity contribution in [3.8, 4) is 0 Å². The molecule has 1 saturated heterocycles. The third-order valence-electron chi connectivity index (χ3n) is 2.95. The Kier molecular flexibility index (Phi) is 5.86. The van der Waals surface area contributed by atoms with Gasteiger partial charge >= 0.3 is 0 Å². The van der Waals surface area contributed by atoms with Crippen LogP contribution in [0.3, 0.4) is 0 Å². The molecular formula is C12H17BrClFN2. The van der Waals surface area contributed by atoms with Crippen molar-refractivity contribution in [1.29, 1.82) is 0 Å². The molecule has 17 heavy (non-hydrogen) atoms. The van der Waals surface area contributed by atoms with Crippen molar-refractivity contribution >= 4 is 28.3 Å². The second-order valence-electron chi connectivity index (χ2n) is 4.37. The lowest BCUT2D eigenvalue weighted by molar-refractivity contribution is 0.201. The fraction of sp³-hybridized carbons (Fsp3) is 0.500. The van der Waals surface area contributed by atoms with Crippen LogP contribution in [0.25, 0.3) is 0 Å². The van der Waals surface area contributed by atoms with Crippen LogP contribution in [0.1, 0.15) is 18.4 Å². The van der Waals surface area contributed by atoms with Gasteiger partial charge in [0.2, 0.25) is 0 Å². The van der Waals surface area contributed by atoms with E-state index in [9.17, 15) is 4.39 Å². The van der Waals surface area contributed by atoms with Gasteiger partial charge < -0.3 is 5.73 Å². The lowest BCUT2D eigenvalue weighted by Crippen LogP contribution is -2.42. The average Bonchev–Trinajstić information content (AvgIpc) is 2.22. The van der Waals surface area contributed by atoms with Crippen molar-refractivity contribution < 1.29 is 4.39 Å². The quantitative estimate of drug-likeness (QED) is 0.907. The molecule has 1 heterocycles. The molecule has 1 aromatic carbocycles. The van der Waals surface area contributed by atoms with Crippen molar-refractivity contribution in [3.63, 3.8) is 0 Å². The molecule has 2 N–H and O–H groups in total. The van der Waals surface area contributed by atoms with E-state index in [2.05, 4.69) is 20.8 Å². The van der Waals surface area contributed by atoms with Gasteiger partial charge in [-0.1, -0.05) is 22.0 Å². The Bertz CT molecular complexity index is 376. The lowest BCUT2D eigenvalue weighted by atomic mass is 10.1. The van der Waals surface area contributed by atoms with Gasteiger partial charge in [0.1, 0.15) is 5.82 Å². The highest BCUT2D eigenvalue weighted by Crippen LogP contribution is 2.21. The standard InChI is InChI=1S/C12H16BrFN2.ClH/c13-12-6-10(14)4-3-9(12)7-16-5-1-2-11(15)8-16;/h3-4,6,11H,1-2,5,7-8,15H2;1H/t11-;/m1./s1. The van der Waals surface area contributed by atoms with Crippen LogP contribution in [0.5, 0.6) is 0 Å². The minimum atomic E-state index is -0.203. The summed E-state index contributed by atoms with van der Waals surface area (Å²) in [6.07, 6.45) is 2.26. The van der Waals surface area contributed by atoms with Crippen LogP contribution in [0.2, 0.25) is 0 Å². The Morgan fingerprint density at radius 2 is 2.24 bits per heavy atom. The first kappa shape index (κ1) is 14.9. The Morgan fingerprint density at radius 1 is 1.47 bits per heavy atom. The number of rotatable bonds is 2. The van der Waals surface area contributed by atoms with Crippen LogP contribution >= 0.6 is 28.3 Å². The van der Waals surface area contributed by atoms with Gasteiger partial charge in [0, 0.05) is 23.6 Å².